The van der Waals surface area contributed by atoms with Crippen molar-refractivity contribution in [1.29, 1.82) is 0 Å². The molecule has 0 aromatic heterocycles. The third-order valence-electron chi connectivity index (χ3n) is 5.93. The molecule has 1 rings (SSSR count). The molecule has 33 heavy (non-hydrogen) atoms. The van der Waals surface area contributed by atoms with Crippen molar-refractivity contribution in [1.82, 2.24) is 0 Å². The summed E-state index contributed by atoms with van der Waals surface area (Å²) in [6.45, 7) is 3.50. The predicted octanol–water partition coefficient (Wildman–Crippen LogP) is 4.06. The van der Waals surface area contributed by atoms with E-state index in [2.05, 4.69) is 18.6 Å². The van der Waals surface area contributed by atoms with Gasteiger partial charge in [-0.3, -0.25) is 13.8 Å². The van der Waals surface area contributed by atoms with Crippen molar-refractivity contribution >= 4 is 19.6 Å². The average Bonchev–Trinajstić information content (AvgIpc) is 3.06. The number of carbonyl (C=O) groups is 2. The molecule has 9 nitrogen and oxygen atoms in total. The number of carbonyl (C=O) groups excluding carboxylic acids is 2. The molecule has 0 saturated carbocycles. The fraction of sp³-hybridized carbons (Fsp3) is 0.913. The second-order valence-electron chi connectivity index (χ2n) is 8.88. The molecule has 0 bridgehead atoms. The molecule has 194 valence electrons. The summed E-state index contributed by atoms with van der Waals surface area (Å²) in [5.41, 5.74) is 0. The number of aliphatic hydroxyl groups is 2. The summed E-state index contributed by atoms with van der Waals surface area (Å²) >= 11 is 0. The Hall–Kier alpha value is -0.830. The van der Waals surface area contributed by atoms with Crippen LogP contribution in [0.5, 0.6) is 0 Å². The van der Waals surface area contributed by atoms with E-state index in [0.717, 1.165) is 44.9 Å². The van der Waals surface area contributed by atoms with Gasteiger partial charge in [0.25, 0.3) is 0 Å². The molecule has 5 atom stereocenters. The van der Waals surface area contributed by atoms with Crippen molar-refractivity contribution in [2.24, 2.45) is 5.92 Å². The zero-order chi connectivity index (χ0) is 24.7. The van der Waals surface area contributed by atoms with Crippen molar-refractivity contribution in [3.8, 4) is 0 Å². The molecule has 10 heteroatoms. The highest BCUT2D eigenvalue weighted by molar-refractivity contribution is 7.47. The number of Topliss-reactive ketones (excluding diaryl/α,β-unsaturated/α-hetero) is 1. The molecule has 0 amide bonds. The van der Waals surface area contributed by atoms with Crippen LogP contribution in [0.25, 0.3) is 0 Å². The molecule has 1 aliphatic heterocycles. The standard InChI is InChI=1S/C23H43O9P/c1-3-5-7-8-9-10-11-13-15-18(14-12-6-4-2)17-30-33(28,29)32-22-20(26)21(19(25)16-24)31-23(22)27/h18-19,21-22,24-25H,3-17H2,1-2H3,(H,28,29)/t18?,19?,21-,22?/m1/s1. The summed E-state index contributed by atoms with van der Waals surface area (Å²) in [5, 5.41) is 18.5. The summed E-state index contributed by atoms with van der Waals surface area (Å²) in [4.78, 5) is 34.1. The van der Waals surface area contributed by atoms with Gasteiger partial charge in [-0.2, -0.15) is 0 Å². The van der Waals surface area contributed by atoms with E-state index in [0.29, 0.717) is 0 Å². The maximum Gasteiger partial charge on any atom is 0.473 e. The Morgan fingerprint density at radius 3 is 2.03 bits per heavy atom. The first-order valence-corrected chi connectivity index (χ1v) is 13.9. The number of rotatable bonds is 20. The molecule has 4 unspecified atom stereocenters. The van der Waals surface area contributed by atoms with Gasteiger partial charge in [-0.1, -0.05) is 84.5 Å². The van der Waals surface area contributed by atoms with E-state index in [9.17, 15) is 24.2 Å². The Kier molecular flexibility index (Phi) is 15.3. The molecule has 0 radical (unpaired) electrons. The van der Waals surface area contributed by atoms with Gasteiger partial charge in [0.15, 0.2) is 6.10 Å². The van der Waals surface area contributed by atoms with E-state index < -0.39 is 44.5 Å². The van der Waals surface area contributed by atoms with Crippen LogP contribution in [0.4, 0.5) is 0 Å². The first kappa shape index (κ1) is 30.2. The minimum atomic E-state index is -4.70. The van der Waals surface area contributed by atoms with Gasteiger partial charge < -0.3 is 19.8 Å². The van der Waals surface area contributed by atoms with Crippen LogP contribution in [0.2, 0.25) is 0 Å². The molecule has 3 N–H and O–H groups in total. The molecule has 0 aromatic carbocycles. The van der Waals surface area contributed by atoms with Gasteiger partial charge in [0, 0.05) is 0 Å². The molecular formula is C23H43O9P. The fourth-order valence-corrected chi connectivity index (χ4v) is 4.81. The minimum Gasteiger partial charge on any atom is -0.449 e. The first-order chi connectivity index (χ1) is 15.8. The van der Waals surface area contributed by atoms with Gasteiger partial charge >= 0.3 is 13.8 Å². The number of hydrogen-bond acceptors (Lipinski definition) is 8. The lowest BCUT2D eigenvalue weighted by Gasteiger charge is -2.20. The van der Waals surface area contributed by atoms with Gasteiger partial charge in [-0.05, 0) is 18.8 Å². The maximum atomic E-state index is 12.4. The summed E-state index contributed by atoms with van der Waals surface area (Å²) in [5.74, 6) is -2.12. The van der Waals surface area contributed by atoms with Gasteiger partial charge in [-0.15, -0.1) is 0 Å². The van der Waals surface area contributed by atoms with Crippen molar-refractivity contribution in [3.63, 3.8) is 0 Å². The maximum absolute atomic E-state index is 12.4. The normalized spacial score (nSPS) is 22.2. The van der Waals surface area contributed by atoms with Crippen LogP contribution in [-0.4, -0.2) is 58.4 Å². The van der Waals surface area contributed by atoms with Crippen LogP contribution in [0.15, 0.2) is 0 Å². The molecular weight excluding hydrogens is 451 g/mol. The number of ketones is 1. The Morgan fingerprint density at radius 2 is 1.45 bits per heavy atom. The van der Waals surface area contributed by atoms with E-state index in [4.69, 9.17) is 14.2 Å². The third-order valence-corrected chi connectivity index (χ3v) is 6.88. The topological polar surface area (TPSA) is 140 Å². The summed E-state index contributed by atoms with van der Waals surface area (Å²) in [7, 11) is -4.70. The molecule has 0 aromatic rings. The van der Waals surface area contributed by atoms with E-state index >= 15 is 0 Å². The van der Waals surface area contributed by atoms with E-state index in [-0.39, 0.29) is 12.5 Å². The smallest absolute Gasteiger partial charge is 0.449 e. The number of cyclic esters (lactones) is 1. The van der Waals surface area contributed by atoms with Crippen LogP contribution < -0.4 is 0 Å². The van der Waals surface area contributed by atoms with E-state index in [1.54, 1.807) is 0 Å². The summed E-state index contributed by atoms with van der Waals surface area (Å²) in [6.07, 6.45) is 9.25. The lowest BCUT2D eigenvalue weighted by molar-refractivity contribution is -0.151. The van der Waals surface area contributed by atoms with E-state index in [1.807, 2.05) is 0 Å². The average molecular weight is 495 g/mol. The fourth-order valence-electron chi connectivity index (χ4n) is 3.89. The Labute approximate surface area is 197 Å². The number of phosphoric acid groups is 1. The molecule has 0 spiro atoms. The molecule has 1 saturated heterocycles. The van der Waals surface area contributed by atoms with Crippen molar-refractivity contribution < 1.29 is 43.0 Å². The Balaban J connectivity index is 2.49. The summed E-state index contributed by atoms with van der Waals surface area (Å²) < 4.78 is 27.0. The number of phosphoric ester groups is 1. The molecule has 1 aliphatic rings. The Bertz CT molecular complexity index is 613. The number of ether oxygens (including phenoxy) is 1. The number of unbranched alkanes of at least 4 members (excludes halogenated alkanes) is 9. The lowest BCUT2D eigenvalue weighted by Crippen LogP contribution is -2.37. The SMILES string of the molecule is CCCCCCCCCCC(CCCCC)COP(=O)(O)OC1C(=O)O[C@H](C(O)CO)C1=O. The first-order valence-electron chi connectivity index (χ1n) is 12.4. The van der Waals surface area contributed by atoms with Crippen molar-refractivity contribution in [2.45, 2.75) is 116 Å². The lowest BCUT2D eigenvalue weighted by atomic mass is 9.95. The number of hydrogen-bond donors (Lipinski definition) is 3. The largest absolute Gasteiger partial charge is 0.473 e. The summed E-state index contributed by atoms with van der Waals surface area (Å²) in [6, 6.07) is 0. The van der Waals surface area contributed by atoms with Gasteiger partial charge in [0.05, 0.1) is 13.2 Å². The highest BCUT2D eigenvalue weighted by Gasteiger charge is 2.50. The quantitative estimate of drug-likeness (QED) is 0.0989. The monoisotopic (exact) mass is 494 g/mol. The van der Waals surface area contributed by atoms with Gasteiger partial charge in [-0.25, -0.2) is 9.36 Å². The van der Waals surface area contributed by atoms with Gasteiger partial charge in [0.2, 0.25) is 11.9 Å². The molecule has 0 aliphatic carbocycles. The van der Waals surface area contributed by atoms with Crippen molar-refractivity contribution in [3.05, 3.63) is 0 Å². The molecule has 1 fully saturated rings. The minimum absolute atomic E-state index is 0.00730. The number of esters is 1. The Morgan fingerprint density at radius 1 is 0.939 bits per heavy atom. The zero-order valence-corrected chi connectivity index (χ0v) is 21.0. The number of aliphatic hydroxyl groups excluding tert-OH is 2. The van der Waals surface area contributed by atoms with E-state index in [1.165, 1.54) is 38.5 Å². The van der Waals surface area contributed by atoms with Crippen LogP contribution in [0.1, 0.15) is 97.3 Å². The third kappa shape index (κ3) is 11.9. The second kappa shape index (κ2) is 16.7. The van der Waals surface area contributed by atoms with Crippen LogP contribution in [0, 0.1) is 5.92 Å². The van der Waals surface area contributed by atoms with Crippen LogP contribution in [0.3, 0.4) is 0 Å². The van der Waals surface area contributed by atoms with Crippen LogP contribution in [-0.2, 0) is 27.9 Å². The van der Waals surface area contributed by atoms with Crippen LogP contribution >= 0.6 is 7.82 Å². The van der Waals surface area contributed by atoms with Crippen molar-refractivity contribution in [2.75, 3.05) is 13.2 Å². The second-order valence-corrected chi connectivity index (χ2v) is 10.3. The highest BCUT2D eigenvalue weighted by Crippen LogP contribution is 2.46. The predicted molar refractivity (Wildman–Crippen MR) is 123 cm³/mol. The highest BCUT2D eigenvalue weighted by atomic mass is 31.2. The zero-order valence-electron chi connectivity index (χ0n) is 20.2. The van der Waals surface area contributed by atoms with Gasteiger partial charge in [0.1, 0.15) is 6.10 Å². The molecule has 1 heterocycles.